The van der Waals surface area contributed by atoms with E-state index in [1.54, 1.807) is 52.8 Å². The molecule has 0 saturated carbocycles. The van der Waals surface area contributed by atoms with Gasteiger partial charge in [0.25, 0.3) is 5.91 Å². The van der Waals surface area contributed by atoms with Crippen molar-refractivity contribution in [2.45, 2.75) is 20.0 Å². The molecule has 1 amide bonds. The summed E-state index contributed by atoms with van der Waals surface area (Å²) >= 11 is 1.55. The third-order valence-electron chi connectivity index (χ3n) is 5.07. The van der Waals surface area contributed by atoms with E-state index in [2.05, 4.69) is 15.1 Å². The van der Waals surface area contributed by atoms with Crippen molar-refractivity contribution in [3.63, 3.8) is 0 Å². The number of aryl methyl sites for hydroxylation is 1. The number of amides is 1. The van der Waals surface area contributed by atoms with E-state index < -0.39 is 0 Å². The minimum atomic E-state index is -0.118. The molecular formula is C23H20N6O2S. The maximum absolute atomic E-state index is 13.5. The third kappa shape index (κ3) is 3.90. The van der Waals surface area contributed by atoms with Gasteiger partial charge in [-0.1, -0.05) is 0 Å². The van der Waals surface area contributed by atoms with E-state index in [1.165, 1.54) is 0 Å². The molecule has 0 radical (unpaired) electrons. The zero-order valence-electron chi connectivity index (χ0n) is 17.6. The van der Waals surface area contributed by atoms with E-state index in [0.29, 0.717) is 35.4 Å². The molecule has 32 heavy (non-hydrogen) atoms. The van der Waals surface area contributed by atoms with Gasteiger partial charge in [-0.2, -0.15) is 5.10 Å². The van der Waals surface area contributed by atoms with Crippen molar-refractivity contribution in [2.75, 3.05) is 7.05 Å². The van der Waals surface area contributed by atoms with Gasteiger partial charge >= 0.3 is 0 Å². The van der Waals surface area contributed by atoms with E-state index in [9.17, 15) is 4.79 Å². The molecule has 0 bridgehead atoms. The molecule has 8 nitrogen and oxygen atoms in total. The molecule has 9 heteroatoms. The fraction of sp³-hybridized carbons (Fsp3) is 0.174. The Hall–Kier alpha value is -3.85. The summed E-state index contributed by atoms with van der Waals surface area (Å²) in [6.07, 6.45) is 6.75. The molecule has 0 aliphatic rings. The predicted octanol–water partition coefficient (Wildman–Crippen LogP) is 4.17. The van der Waals surface area contributed by atoms with Crippen molar-refractivity contribution in [1.29, 1.82) is 0 Å². The lowest BCUT2D eigenvalue weighted by molar-refractivity contribution is 0.0787. The predicted molar refractivity (Wildman–Crippen MR) is 121 cm³/mol. The van der Waals surface area contributed by atoms with E-state index in [1.807, 2.05) is 42.6 Å². The van der Waals surface area contributed by atoms with Gasteiger partial charge in [-0.25, -0.2) is 14.6 Å². The first-order valence-electron chi connectivity index (χ1n) is 10.0. The van der Waals surface area contributed by atoms with Crippen LogP contribution in [0, 0.1) is 6.92 Å². The Morgan fingerprint density at radius 3 is 2.84 bits per heavy atom. The number of carbonyl (C=O) groups is 1. The normalized spacial score (nSPS) is 11.2. The number of nitrogens with zero attached hydrogens (tertiary/aromatic N) is 6. The summed E-state index contributed by atoms with van der Waals surface area (Å²) in [4.78, 5) is 28.6. The first-order valence-corrected chi connectivity index (χ1v) is 10.9. The largest absolute Gasteiger partial charge is 0.467 e. The number of rotatable bonds is 6. The van der Waals surface area contributed by atoms with Crippen LogP contribution in [-0.2, 0) is 13.1 Å². The average molecular weight is 445 g/mol. The van der Waals surface area contributed by atoms with Gasteiger partial charge in [-0.05, 0) is 37.3 Å². The summed E-state index contributed by atoms with van der Waals surface area (Å²) in [5, 5.41) is 8.06. The molecule has 5 aromatic rings. The highest BCUT2D eigenvalue weighted by molar-refractivity contribution is 7.09. The Morgan fingerprint density at radius 1 is 1.22 bits per heavy atom. The maximum atomic E-state index is 13.5. The van der Waals surface area contributed by atoms with Gasteiger partial charge in [-0.15, -0.1) is 11.3 Å². The molecule has 5 aromatic heterocycles. The molecule has 0 aliphatic carbocycles. The summed E-state index contributed by atoms with van der Waals surface area (Å²) < 4.78 is 7.22. The lowest BCUT2D eigenvalue weighted by Gasteiger charge is -2.17. The van der Waals surface area contributed by atoms with Crippen molar-refractivity contribution in [3.05, 3.63) is 82.6 Å². The number of hydrogen-bond donors (Lipinski definition) is 0. The highest BCUT2D eigenvalue weighted by Crippen LogP contribution is 2.26. The van der Waals surface area contributed by atoms with Crippen LogP contribution in [0.2, 0.25) is 0 Å². The summed E-state index contributed by atoms with van der Waals surface area (Å²) in [5.41, 5.74) is 3.59. The molecule has 0 fully saturated rings. The number of carbonyl (C=O) groups excluding carboxylic acids is 1. The number of aromatic nitrogens is 5. The fourth-order valence-corrected chi connectivity index (χ4v) is 4.33. The van der Waals surface area contributed by atoms with Gasteiger partial charge in [0.2, 0.25) is 0 Å². The second-order valence-corrected chi connectivity index (χ2v) is 8.40. The van der Waals surface area contributed by atoms with Gasteiger partial charge in [0, 0.05) is 36.1 Å². The number of fused-ring (bicyclic) bond motifs is 1. The Kier molecular flexibility index (Phi) is 5.24. The van der Waals surface area contributed by atoms with Gasteiger partial charge in [0.15, 0.2) is 5.65 Å². The first kappa shape index (κ1) is 20.1. The smallest absolute Gasteiger partial charge is 0.254 e. The lowest BCUT2D eigenvalue weighted by atomic mass is 10.1. The second-order valence-electron chi connectivity index (χ2n) is 7.46. The minimum absolute atomic E-state index is 0.118. The van der Waals surface area contributed by atoms with E-state index in [-0.39, 0.29) is 5.91 Å². The molecule has 0 aliphatic heterocycles. The summed E-state index contributed by atoms with van der Waals surface area (Å²) in [6.45, 7) is 2.80. The highest BCUT2D eigenvalue weighted by Gasteiger charge is 2.21. The first-order chi connectivity index (χ1) is 15.6. The Balaban J connectivity index is 1.58. The zero-order valence-corrected chi connectivity index (χ0v) is 18.4. The molecule has 160 valence electrons. The van der Waals surface area contributed by atoms with Crippen LogP contribution in [0.1, 0.15) is 26.8 Å². The minimum Gasteiger partial charge on any atom is -0.467 e. The van der Waals surface area contributed by atoms with Crippen molar-refractivity contribution >= 4 is 28.3 Å². The number of hydrogen-bond acceptors (Lipinski definition) is 7. The van der Waals surface area contributed by atoms with Crippen molar-refractivity contribution in [1.82, 2.24) is 29.6 Å². The van der Waals surface area contributed by atoms with Crippen LogP contribution in [0.5, 0.6) is 0 Å². The van der Waals surface area contributed by atoms with E-state index >= 15 is 0 Å². The standard InChI is InChI=1S/C23H20N6O2S/c1-15-14-32-21(26-15)13-28(2)23(30)18-9-20(16-5-3-7-24-10-16)27-22-19(18)11-25-29(22)12-17-6-4-8-31-17/h3-11,14H,12-13H2,1-2H3. The molecule has 5 rings (SSSR count). The van der Waals surface area contributed by atoms with Crippen molar-refractivity contribution < 1.29 is 9.21 Å². The molecule has 0 unspecified atom stereocenters. The monoisotopic (exact) mass is 444 g/mol. The van der Waals surface area contributed by atoms with Crippen molar-refractivity contribution in [2.24, 2.45) is 0 Å². The summed E-state index contributed by atoms with van der Waals surface area (Å²) in [7, 11) is 1.78. The molecule has 0 spiro atoms. The van der Waals surface area contributed by atoms with Crippen LogP contribution in [-0.4, -0.2) is 42.6 Å². The number of pyridine rings is 2. The van der Waals surface area contributed by atoms with Crippen LogP contribution in [0.25, 0.3) is 22.3 Å². The SMILES string of the molecule is Cc1csc(CN(C)C(=O)c2cc(-c3cccnc3)nc3c2cnn3Cc2ccco2)n1. The molecule has 0 N–H and O–H groups in total. The molecule has 0 saturated heterocycles. The highest BCUT2D eigenvalue weighted by atomic mass is 32.1. The lowest BCUT2D eigenvalue weighted by Crippen LogP contribution is -2.26. The van der Waals surface area contributed by atoms with Crippen LogP contribution < -0.4 is 0 Å². The Morgan fingerprint density at radius 2 is 2.12 bits per heavy atom. The number of thiazole rings is 1. The van der Waals surface area contributed by atoms with Gasteiger partial charge in [0.1, 0.15) is 17.3 Å². The van der Waals surface area contributed by atoms with Crippen LogP contribution in [0.15, 0.2) is 65.0 Å². The van der Waals surface area contributed by atoms with Gasteiger partial charge in [0.05, 0.1) is 35.6 Å². The Labute approximate surface area is 188 Å². The fourth-order valence-electron chi connectivity index (χ4n) is 3.51. The Bertz CT molecular complexity index is 1370. The van der Waals surface area contributed by atoms with Crippen LogP contribution >= 0.6 is 11.3 Å². The molecule has 0 aromatic carbocycles. The zero-order chi connectivity index (χ0) is 22.1. The molecule has 0 atom stereocenters. The average Bonchev–Trinajstić information content (AvgIpc) is 3.56. The second kappa shape index (κ2) is 8.35. The van der Waals surface area contributed by atoms with Crippen LogP contribution in [0.4, 0.5) is 0 Å². The topological polar surface area (TPSA) is 89.9 Å². The quantitative estimate of drug-likeness (QED) is 0.390. The van der Waals surface area contributed by atoms with Gasteiger partial charge < -0.3 is 9.32 Å². The summed E-state index contributed by atoms with van der Waals surface area (Å²) in [6, 6.07) is 9.29. The molecule has 5 heterocycles. The van der Waals surface area contributed by atoms with Gasteiger partial charge in [-0.3, -0.25) is 9.78 Å². The van der Waals surface area contributed by atoms with E-state index in [4.69, 9.17) is 9.40 Å². The number of furan rings is 1. The molecular weight excluding hydrogens is 424 g/mol. The van der Waals surface area contributed by atoms with Crippen molar-refractivity contribution in [3.8, 4) is 11.3 Å². The summed E-state index contributed by atoms with van der Waals surface area (Å²) in [5.74, 6) is 0.639. The third-order valence-corrected chi connectivity index (χ3v) is 6.02. The van der Waals surface area contributed by atoms with Crippen LogP contribution in [0.3, 0.4) is 0 Å². The van der Waals surface area contributed by atoms with E-state index in [0.717, 1.165) is 22.0 Å². The maximum Gasteiger partial charge on any atom is 0.254 e.